The molecule has 0 bridgehead atoms. The van der Waals surface area contributed by atoms with E-state index in [1.54, 1.807) is 35.5 Å². The first-order chi connectivity index (χ1) is 53.2. The minimum absolute atomic E-state index is 0.210. The second kappa shape index (κ2) is 34.2. The lowest BCUT2D eigenvalue weighted by Crippen LogP contribution is -2.43. The van der Waals surface area contributed by atoms with Crippen LogP contribution in [0.25, 0.3) is 47.4 Å². The summed E-state index contributed by atoms with van der Waals surface area (Å²) in [4.78, 5) is 48.2. The number of aliphatic imine (C=N–C) groups is 4. The van der Waals surface area contributed by atoms with Gasteiger partial charge in [-0.15, -0.1) is 51.8 Å². The van der Waals surface area contributed by atoms with Crippen LogP contribution in [0.2, 0.25) is 0 Å². The standard InChI is InChI=1S/2C23H27N3S2.C22H27N5S.C21H24N4S2/c2*1-4-8-17-12-18(14-25-13-17)19-11-16(2)20(27-19)22(3)15-23(28-21(24)26-22)9-6-5-7-10-23;1-4-8-16-11-17(14-24-13-16)18-12-19(27(3)26-18)21(2)15-22(28-20(23)25-21)9-6-5-7-10-22;1-14-9-17(15-10-16(23-3)12-24-11-15)26-18(14)20(2)13-21(27-19(22)25-20)7-5-4-6-8-21/h2*11-14H,5-7,9-10,15H2,1-3H3,(H2,24,26);11-14H,5-7,9-10,15H2,1-3H3,(H2,23,25);9-12H,4-8,13H2,1-2H3,(H2,22,25)/t22-;;;20-/m0..0/s1. The molecule has 4 spiro atoms. The molecule has 15 nitrogen and oxygen atoms in total. The van der Waals surface area contributed by atoms with Crippen molar-refractivity contribution < 1.29 is 0 Å². The van der Waals surface area contributed by atoms with E-state index in [0.29, 0.717) is 10.9 Å². The van der Waals surface area contributed by atoms with Crippen molar-refractivity contribution in [3.8, 4) is 78.1 Å². The molecule has 0 amide bonds. The van der Waals surface area contributed by atoms with Crippen LogP contribution < -0.4 is 22.9 Å². The molecule has 578 valence electrons. The second-order valence-corrected chi connectivity index (χ2v) is 41.6. The number of aromatic nitrogens is 6. The topological polar surface area (TPSA) is 227 Å². The van der Waals surface area contributed by atoms with Crippen LogP contribution in [0.15, 0.2) is 118 Å². The molecule has 8 N–H and O–H groups in total. The zero-order valence-electron chi connectivity index (χ0n) is 66.3. The molecular weight excluding hydrogens is 1500 g/mol. The third-order valence-corrected chi connectivity index (χ3v) is 32.9. The van der Waals surface area contributed by atoms with E-state index < -0.39 is 0 Å². The Kier molecular flexibility index (Phi) is 25.1. The van der Waals surface area contributed by atoms with E-state index in [9.17, 15) is 0 Å². The fraction of sp³-hybridized carbons (Fsp3) is 0.483. The van der Waals surface area contributed by atoms with E-state index >= 15 is 0 Å². The van der Waals surface area contributed by atoms with E-state index in [2.05, 4.69) is 145 Å². The van der Waals surface area contributed by atoms with E-state index in [1.807, 2.05) is 140 Å². The highest BCUT2D eigenvalue weighted by atomic mass is 32.2. The fourth-order valence-electron chi connectivity index (χ4n) is 18.8. The summed E-state index contributed by atoms with van der Waals surface area (Å²) >= 11 is 12.7. The summed E-state index contributed by atoms with van der Waals surface area (Å²) in [5.74, 6) is 18.1. The van der Waals surface area contributed by atoms with Gasteiger partial charge in [0.25, 0.3) is 0 Å². The molecule has 0 saturated heterocycles. The van der Waals surface area contributed by atoms with Gasteiger partial charge in [0, 0.05) is 138 Å². The number of thiophene rings is 3. The fourth-order valence-corrected chi connectivity index (χ4v) is 28.7. The number of nitrogens with two attached hydrogens (primary N) is 4. The minimum Gasteiger partial charge on any atom is -0.378 e. The zero-order chi connectivity index (χ0) is 78.4. The molecule has 4 atom stereocenters. The predicted octanol–water partition coefficient (Wildman–Crippen LogP) is 22.0. The first-order valence-electron chi connectivity index (χ1n) is 39.2. The highest BCUT2D eigenvalue weighted by Gasteiger charge is 2.51. The maximum Gasteiger partial charge on any atom is 0.205 e. The Balaban J connectivity index is 0.000000130. The lowest BCUT2D eigenvalue weighted by atomic mass is 9.77. The highest BCUT2D eigenvalue weighted by molar-refractivity contribution is 8.15. The molecule has 0 aromatic carbocycles. The van der Waals surface area contributed by atoms with Crippen LogP contribution in [0.4, 0.5) is 5.69 Å². The average Bonchev–Trinajstić information content (AvgIpc) is 1.62. The van der Waals surface area contributed by atoms with E-state index in [4.69, 9.17) is 54.6 Å². The van der Waals surface area contributed by atoms with Crippen LogP contribution in [0.3, 0.4) is 0 Å². The Bertz CT molecular complexity index is 4740. The number of rotatable bonds is 8. The minimum atomic E-state index is -0.360. The number of hydrogen-bond donors (Lipinski definition) is 4. The number of amidine groups is 4. The molecule has 4 fully saturated rings. The predicted molar refractivity (Wildman–Crippen MR) is 475 cm³/mol. The molecule has 4 saturated carbocycles. The maximum absolute atomic E-state index is 7.23. The summed E-state index contributed by atoms with van der Waals surface area (Å²) in [6.07, 6.45) is 44.4. The smallest absolute Gasteiger partial charge is 0.205 e. The van der Waals surface area contributed by atoms with Crippen molar-refractivity contribution in [1.29, 1.82) is 0 Å². The van der Waals surface area contributed by atoms with Gasteiger partial charge in [0.05, 0.1) is 34.6 Å². The van der Waals surface area contributed by atoms with Gasteiger partial charge in [-0.2, -0.15) is 5.10 Å². The van der Waals surface area contributed by atoms with Gasteiger partial charge in [-0.1, -0.05) is 142 Å². The normalized spacial score (nSPS) is 23.9. The van der Waals surface area contributed by atoms with Crippen molar-refractivity contribution >= 4 is 107 Å². The molecular formula is C89H105N15S7. The molecule has 8 aromatic heterocycles. The van der Waals surface area contributed by atoms with Crippen molar-refractivity contribution in [3.63, 3.8) is 0 Å². The third kappa shape index (κ3) is 18.6. The van der Waals surface area contributed by atoms with Crippen LogP contribution in [-0.4, -0.2) is 69.4 Å². The molecule has 8 aliphatic rings. The van der Waals surface area contributed by atoms with E-state index in [1.165, 1.54) is 169 Å². The van der Waals surface area contributed by atoms with Crippen LogP contribution in [-0.2, 0) is 29.2 Å². The Labute approximate surface area is 687 Å². The number of hydrogen-bond acceptors (Lipinski definition) is 20. The van der Waals surface area contributed by atoms with Gasteiger partial charge in [-0.25, -0.2) is 9.84 Å². The van der Waals surface area contributed by atoms with Crippen molar-refractivity contribution in [3.05, 3.63) is 163 Å². The molecule has 111 heavy (non-hydrogen) atoms. The Morgan fingerprint density at radius 3 is 1.02 bits per heavy atom. The first-order valence-corrected chi connectivity index (χ1v) is 45.0. The van der Waals surface area contributed by atoms with Gasteiger partial charge in [0.15, 0.2) is 20.7 Å². The SMILES string of the molecule is CC#Cc1cncc(-c2cc(C)c(C3(C)CC4(CCCCC4)SC(N)=N3)s2)c1.CC#Cc1cncc(-c2cc(C)c([C@]3(C)CC4(CCCCC4)SC(N)=N3)s2)c1.CC#Cc1cncc(-c2cc(C3(C)CC4(CCCCC4)SC(N)=N3)n(C)n2)c1.[C-]#[N+]c1cncc(-c2cc(C)c([C@]3(C)CC4(CCCCC4)SC(N)=N3)s2)c1. The summed E-state index contributed by atoms with van der Waals surface area (Å²) < 4.78 is 2.92. The Hall–Kier alpha value is -7.64. The summed E-state index contributed by atoms with van der Waals surface area (Å²) in [5.41, 5.74) is 37.7. The lowest BCUT2D eigenvalue weighted by molar-refractivity contribution is 0.293. The van der Waals surface area contributed by atoms with Crippen LogP contribution >= 0.6 is 81.1 Å². The largest absolute Gasteiger partial charge is 0.378 e. The average molecular weight is 1610 g/mol. The van der Waals surface area contributed by atoms with Gasteiger partial charge in [0.2, 0.25) is 5.69 Å². The monoisotopic (exact) mass is 1610 g/mol. The molecule has 4 aliphatic heterocycles. The molecule has 2 unspecified atom stereocenters. The number of thioether (sulfide) groups is 4. The molecule has 8 aromatic rings. The quantitative estimate of drug-likeness (QED) is 0.0821. The summed E-state index contributed by atoms with van der Waals surface area (Å²) in [7, 11) is 1.99. The van der Waals surface area contributed by atoms with Crippen LogP contribution in [0, 0.1) is 62.9 Å². The van der Waals surface area contributed by atoms with Gasteiger partial charge in [0.1, 0.15) is 5.54 Å². The van der Waals surface area contributed by atoms with E-state index in [0.717, 1.165) is 96.4 Å². The molecule has 22 heteroatoms. The van der Waals surface area contributed by atoms with Crippen molar-refractivity contribution in [2.24, 2.45) is 50.0 Å². The van der Waals surface area contributed by atoms with Gasteiger partial charge in [-0.05, 0) is 217 Å². The Morgan fingerprint density at radius 1 is 0.387 bits per heavy atom. The molecule has 0 radical (unpaired) electrons. The molecule has 16 rings (SSSR count). The highest BCUT2D eigenvalue weighted by Crippen LogP contribution is 2.59. The van der Waals surface area contributed by atoms with Crippen LogP contribution in [0.1, 0.15) is 256 Å². The van der Waals surface area contributed by atoms with E-state index in [-0.39, 0.29) is 41.1 Å². The lowest BCUT2D eigenvalue weighted by Gasteiger charge is -2.45. The summed E-state index contributed by atoms with van der Waals surface area (Å²) in [6, 6.07) is 17.1. The van der Waals surface area contributed by atoms with Gasteiger partial charge >= 0.3 is 0 Å². The van der Waals surface area contributed by atoms with Gasteiger partial charge < -0.3 is 22.9 Å². The number of nitrogens with zero attached hydrogens (tertiary/aromatic N) is 11. The van der Waals surface area contributed by atoms with Crippen molar-refractivity contribution in [1.82, 2.24) is 29.7 Å². The number of pyridine rings is 4. The summed E-state index contributed by atoms with van der Waals surface area (Å²) in [5, 5.41) is 7.73. The first kappa shape index (κ1) is 81.4. The summed E-state index contributed by atoms with van der Waals surface area (Å²) in [6.45, 7) is 28.3. The molecule has 12 heterocycles. The molecule has 4 aliphatic carbocycles. The Morgan fingerprint density at radius 2 is 0.685 bits per heavy atom. The van der Waals surface area contributed by atoms with Crippen molar-refractivity contribution in [2.75, 3.05) is 0 Å². The third-order valence-electron chi connectivity index (χ3n) is 23.1. The zero-order valence-corrected chi connectivity index (χ0v) is 72.0. The van der Waals surface area contributed by atoms with Crippen molar-refractivity contribution in [2.45, 2.75) is 264 Å². The maximum atomic E-state index is 7.23. The second-order valence-electron chi connectivity index (χ2n) is 32.4. The van der Waals surface area contributed by atoms with Crippen LogP contribution in [0.5, 0.6) is 0 Å². The van der Waals surface area contributed by atoms with Gasteiger partial charge in [-0.3, -0.25) is 39.6 Å². The number of aryl methyl sites for hydroxylation is 4.